The molecule has 2 rings (SSSR count). The fraction of sp³-hybridized carbons (Fsp3) is 0.267. The number of aromatic nitrogens is 3. The SMILES string of the molecule is CCOc1cc(/C=C(\Sc2n[nH]c(C)n2)C(=O)O)ccc1OC. The van der Waals surface area contributed by atoms with Crippen LogP contribution in [-0.4, -0.2) is 40.0 Å². The van der Waals surface area contributed by atoms with Gasteiger partial charge in [-0.1, -0.05) is 6.07 Å². The molecule has 0 unspecified atom stereocenters. The number of H-pyrrole nitrogens is 1. The number of benzene rings is 1. The highest BCUT2D eigenvalue weighted by atomic mass is 32.2. The molecule has 8 heteroatoms. The number of carboxylic acids is 1. The molecule has 0 amide bonds. The molecule has 1 aromatic heterocycles. The Morgan fingerprint density at radius 1 is 1.43 bits per heavy atom. The van der Waals surface area contributed by atoms with Crippen molar-refractivity contribution >= 4 is 23.8 Å². The summed E-state index contributed by atoms with van der Waals surface area (Å²) in [5, 5.41) is 16.3. The molecule has 23 heavy (non-hydrogen) atoms. The molecule has 7 nitrogen and oxygen atoms in total. The Hall–Kier alpha value is -2.48. The van der Waals surface area contributed by atoms with Crippen LogP contribution in [0.2, 0.25) is 0 Å². The van der Waals surface area contributed by atoms with Crippen molar-refractivity contribution in [1.29, 1.82) is 0 Å². The summed E-state index contributed by atoms with van der Waals surface area (Å²) in [5.41, 5.74) is 0.686. The van der Waals surface area contributed by atoms with Gasteiger partial charge in [-0.3, -0.25) is 5.10 Å². The maximum atomic E-state index is 11.4. The van der Waals surface area contributed by atoms with E-state index in [-0.39, 0.29) is 4.91 Å². The third-order valence-corrected chi connectivity index (χ3v) is 3.65. The number of carbonyl (C=O) groups is 1. The molecule has 0 saturated carbocycles. The van der Waals surface area contributed by atoms with Crippen molar-refractivity contribution in [3.05, 3.63) is 34.5 Å². The zero-order valence-corrected chi connectivity index (χ0v) is 13.8. The number of ether oxygens (including phenoxy) is 2. The van der Waals surface area contributed by atoms with Crippen LogP contribution in [0.5, 0.6) is 11.5 Å². The van der Waals surface area contributed by atoms with E-state index in [4.69, 9.17) is 9.47 Å². The van der Waals surface area contributed by atoms with Crippen LogP contribution in [0.15, 0.2) is 28.3 Å². The summed E-state index contributed by atoms with van der Waals surface area (Å²) < 4.78 is 10.7. The Morgan fingerprint density at radius 2 is 2.22 bits per heavy atom. The fourth-order valence-corrected chi connectivity index (χ4v) is 2.56. The van der Waals surface area contributed by atoms with E-state index in [1.165, 1.54) is 0 Å². The first kappa shape index (κ1) is 16.9. The van der Waals surface area contributed by atoms with Crippen molar-refractivity contribution in [2.24, 2.45) is 0 Å². The van der Waals surface area contributed by atoms with Crippen LogP contribution in [-0.2, 0) is 4.79 Å². The number of aryl methyl sites for hydroxylation is 1. The van der Waals surface area contributed by atoms with E-state index in [9.17, 15) is 9.90 Å². The summed E-state index contributed by atoms with van der Waals surface area (Å²) in [6.45, 7) is 4.10. The molecule has 0 aliphatic rings. The van der Waals surface area contributed by atoms with E-state index in [1.807, 2.05) is 6.92 Å². The normalized spacial score (nSPS) is 11.3. The van der Waals surface area contributed by atoms with Crippen molar-refractivity contribution in [2.45, 2.75) is 19.0 Å². The Balaban J connectivity index is 2.31. The number of hydrogen-bond acceptors (Lipinski definition) is 6. The number of carboxylic acid groups (broad SMARTS) is 1. The van der Waals surface area contributed by atoms with Gasteiger partial charge in [0.15, 0.2) is 11.5 Å². The van der Waals surface area contributed by atoms with Gasteiger partial charge in [-0.05, 0) is 49.4 Å². The number of rotatable bonds is 7. The zero-order valence-electron chi connectivity index (χ0n) is 13.0. The van der Waals surface area contributed by atoms with Gasteiger partial charge in [-0.2, -0.15) is 0 Å². The highest BCUT2D eigenvalue weighted by molar-refractivity contribution is 8.04. The smallest absolute Gasteiger partial charge is 0.342 e. The van der Waals surface area contributed by atoms with Gasteiger partial charge in [0.25, 0.3) is 0 Å². The van der Waals surface area contributed by atoms with Crippen LogP contribution in [0, 0.1) is 6.92 Å². The van der Waals surface area contributed by atoms with Gasteiger partial charge >= 0.3 is 5.97 Å². The van der Waals surface area contributed by atoms with Crippen molar-refractivity contribution in [3.63, 3.8) is 0 Å². The van der Waals surface area contributed by atoms with Gasteiger partial charge in [-0.25, -0.2) is 9.78 Å². The summed E-state index contributed by atoms with van der Waals surface area (Å²) >= 11 is 0.978. The molecular formula is C15H17N3O4S. The maximum absolute atomic E-state index is 11.4. The average molecular weight is 335 g/mol. The highest BCUT2D eigenvalue weighted by Gasteiger charge is 2.14. The van der Waals surface area contributed by atoms with Gasteiger partial charge < -0.3 is 14.6 Å². The maximum Gasteiger partial charge on any atom is 0.342 e. The van der Waals surface area contributed by atoms with Crippen LogP contribution in [0.3, 0.4) is 0 Å². The molecule has 1 heterocycles. The van der Waals surface area contributed by atoms with Crippen LogP contribution in [0.1, 0.15) is 18.3 Å². The average Bonchev–Trinajstić information content (AvgIpc) is 2.92. The predicted molar refractivity (Wildman–Crippen MR) is 86.8 cm³/mol. The van der Waals surface area contributed by atoms with Gasteiger partial charge in [0.05, 0.1) is 13.7 Å². The monoisotopic (exact) mass is 335 g/mol. The van der Waals surface area contributed by atoms with Gasteiger partial charge in [0.2, 0.25) is 5.16 Å². The predicted octanol–water partition coefficient (Wildman–Crippen LogP) is 2.74. The molecule has 0 aliphatic heterocycles. The molecule has 0 fully saturated rings. The lowest BCUT2D eigenvalue weighted by molar-refractivity contribution is -0.131. The van der Waals surface area contributed by atoms with E-state index < -0.39 is 5.97 Å². The van der Waals surface area contributed by atoms with E-state index in [1.54, 1.807) is 38.3 Å². The Labute approximate surface area is 137 Å². The van der Waals surface area contributed by atoms with Gasteiger partial charge in [-0.15, -0.1) is 5.10 Å². The molecule has 0 atom stereocenters. The molecular weight excluding hydrogens is 318 g/mol. The van der Waals surface area contributed by atoms with Crippen LogP contribution in [0.25, 0.3) is 6.08 Å². The van der Waals surface area contributed by atoms with Crippen LogP contribution in [0.4, 0.5) is 0 Å². The van der Waals surface area contributed by atoms with Crippen molar-refractivity contribution in [3.8, 4) is 11.5 Å². The minimum Gasteiger partial charge on any atom is -0.493 e. The molecule has 0 bridgehead atoms. The van der Waals surface area contributed by atoms with E-state index in [2.05, 4.69) is 15.2 Å². The Kier molecular flexibility index (Phi) is 5.64. The first-order valence-corrected chi connectivity index (χ1v) is 7.67. The standard InChI is InChI=1S/C15H17N3O4S/c1-4-22-12-7-10(5-6-11(12)21-3)8-13(14(19)20)23-15-16-9(2)17-18-15/h5-8H,4H2,1-3H3,(H,19,20)(H,16,17,18)/b13-8-. The lowest BCUT2D eigenvalue weighted by Gasteiger charge is -2.10. The van der Waals surface area contributed by atoms with E-state index in [0.717, 1.165) is 11.8 Å². The third kappa shape index (κ3) is 4.49. The number of aliphatic carboxylic acids is 1. The van der Waals surface area contributed by atoms with Gasteiger partial charge in [0.1, 0.15) is 10.7 Å². The number of hydrogen-bond donors (Lipinski definition) is 2. The summed E-state index contributed by atoms with van der Waals surface area (Å²) in [4.78, 5) is 15.6. The minimum absolute atomic E-state index is 0.108. The quantitative estimate of drug-likeness (QED) is 0.593. The first-order valence-electron chi connectivity index (χ1n) is 6.86. The first-order chi connectivity index (χ1) is 11.0. The fourth-order valence-electron chi connectivity index (χ4n) is 1.80. The molecule has 2 aromatic rings. The van der Waals surface area contributed by atoms with Crippen molar-refractivity contribution < 1.29 is 19.4 Å². The third-order valence-electron chi connectivity index (χ3n) is 2.77. The molecule has 122 valence electrons. The number of nitrogens with one attached hydrogen (secondary N) is 1. The molecule has 2 N–H and O–H groups in total. The van der Waals surface area contributed by atoms with Crippen LogP contribution < -0.4 is 9.47 Å². The topological polar surface area (TPSA) is 97.3 Å². The van der Waals surface area contributed by atoms with Crippen LogP contribution >= 0.6 is 11.8 Å². The number of aromatic amines is 1. The summed E-state index contributed by atoms with van der Waals surface area (Å²) in [5.74, 6) is 0.733. The molecule has 0 saturated heterocycles. The van der Waals surface area contributed by atoms with Gasteiger partial charge in [0, 0.05) is 0 Å². The minimum atomic E-state index is -1.05. The molecule has 1 aromatic carbocycles. The summed E-state index contributed by atoms with van der Waals surface area (Å²) in [6.07, 6.45) is 1.54. The number of nitrogens with zero attached hydrogens (tertiary/aromatic N) is 2. The molecule has 0 aliphatic carbocycles. The number of methoxy groups -OCH3 is 1. The second-order valence-electron chi connectivity index (χ2n) is 4.46. The summed E-state index contributed by atoms with van der Waals surface area (Å²) in [7, 11) is 1.55. The molecule has 0 spiro atoms. The largest absolute Gasteiger partial charge is 0.493 e. The second-order valence-corrected chi connectivity index (χ2v) is 5.47. The molecule has 0 radical (unpaired) electrons. The highest BCUT2D eigenvalue weighted by Crippen LogP contribution is 2.31. The lowest BCUT2D eigenvalue weighted by atomic mass is 10.2. The van der Waals surface area contributed by atoms with E-state index in [0.29, 0.717) is 34.7 Å². The second kappa shape index (κ2) is 7.68. The lowest BCUT2D eigenvalue weighted by Crippen LogP contribution is -1.98. The van der Waals surface area contributed by atoms with Crippen molar-refractivity contribution in [1.82, 2.24) is 15.2 Å². The Bertz CT molecular complexity index is 727. The number of thioether (sulfide) groups is 1. The Morgan fingerprint density at radius 3 is 2.78 bits per heavy atom. The summed E-state index contributed by atoms with van der Waals surface area (Å²) in [6, 6.07) is 5.22. The zero-order chi connectivity index (χ0) is 16.8. The van der Waals surface area contributed by atoms with Crippen molar-refractivity contribution in [2.75, 3.05) is 13.7 Å². The van der Waals surface area contributed by atoms with E-state index >= 15 is 0 Å².